The maximum Gasteiger partial charge on any atom is 0.251 e. The molecule has 1 aromatic carbocycles. The van der Waals surface area contributed by atoms with Gasteiger partial charge in [-0.3, -0.25) is 9.69 Å². The molecule has 1 atom stereocenters. The van der Waals surface area contributed by atoms with Crippen LogP contribution >= 0.6 is 0 Å². The molecule has 1 N–H and O–H groups in total. The summed E-state index contributed by atoms with van der Waals surface area (Å²) in [6.45, 7) is 7.26. The Morgan fingerprint density at radius 1 is 1.25 bits per heavy atom. The molecular weight excluding hydrogens is 255 g/mol. The van der Waals surface area contributed by atoms with Gasteiger partial charge in [-0.25, -0.2) is 4.39 Å². The molecule has 0 bridgehead atoms. The smallest absolute Gasteiger partial charge is 0.251 e. The summed E-state index contributed by atoms with van der Waals surface area (Å²) in [7, 11) is 0. The highest BCUT2D eigenvalue weighted by molar-refractivity contribution is 5.94. The first-order chi connectivity index (χ1) is 9.58. The SMILES string of the molecule is CC(C)C(CNC(=O)c1ccc(F)cc1)N1CCCC1. The fourth-order valence-corrected chi connectivity index (χ4v) is 2.76. The number of halogens is 1. The number of likely N-dealkylation sites (tertiary alicyclic amines) is 1. The topological polar surface area (TPSA) is 32.3 Å². The summed E-state index contributed by atoms with van der Waals surface area (Å²) < 4.78 is 12.8. The Bertz CT molecular complexity index is 438. The fourth-order valence-electron chi connectivity index (χ4n) is 2.76. The Balaban J connectivity index is 1.91. The van der Waals surface area contributed by atoms with Crippen LogP contribution in [0.5, 0.6) is 0 Å². The predicted octanol–water partition coefficient (Wildman–Crippen LogP) is 2.68. The third-order valence-electron chi connectivity index (χ3n) is 3.96. The lowest BCUT2D eigenvalue weighted by atomic mass is 10.0. The van der Waals surface area contributed by atoms with Crippen molar-refractivity contribution in [3.05, 3.63) is 35.6 Å². The van der Waals surface area contributed by atoms with Crippen molar-refractivity contribution < 1.29 is 9.18 Å². The Kier molecular flexibility index (Phi) is 5.12. The molecule has 0 radical (unpaired) electrons. The van der Waals surface area contributed by atoms with Gasteiger partial charge in [0, 0.05) is 18.2 Å². The molecule has 1 amide bonds. The van der Waals surface area contributed by atoms with Crippen molar-refractivity contribution in [3.63, 3.8) is 0 Å². The van der Waals surface area contributed by atoms with Gasteiger partial charge in [-0.05, 0) is 56.1 Å². The second-order valence-corrected chi connectivity index (χ2v) is 5.77. The number of hydrogen-bond donors (Lipinski definition) is 1. The van der Waals surface area contributed by atoms with Crippen molar-refractivity contribution in [2.75, 3.05) is 19.6 Å². The molecule has 4 heteroatoms. The van der Waals surface area contributed by atoms with E-state index in [1.807, 2.05) is 0 Å². The van der Waals surface area contributed by atoms with Gasteiger partial charge in [-0.2, -0.15) is 0 Å². The van der Waals surface area contributed by atoms with Crippen molar-refractivity contribution in [2.45, 2.75) is 32.7 Å². The predicted molar refractivity (Wildman–Crippen MR) is 78.2 cm³/mol. The van der Waals surface area contributed by atoms with Crippen LogP contribution in [-0.2, 0) is 0 Å². The van der Waals surface area contributed by atoms with Crippen LogP contribution in [-0.4, -0.2) is 36.5 Å². The number of nitrogens with one attached hydrogen (secondary N) is 1. The molecule has 1 aliphatic heterocycles. The van der Waals surface area contributed by atoms with E-state index in [4.69, 9.17) is 0 Å². The first kappa shape index (κ1) is 15.0. The summed E-state index contributed by atoms with van der Waals surface area (Å²) >= 11 is 0. The van der Waals surface area contributed by atoms with Crippen molar-refractivity contribution in [2.24, 2.45) is 5.92 Å². The summed E-state index contributed by atoms with van der Waals surface area (Å²) in [5.41, 5.74) is 0.510. The molecular formula is C16H23FN2O. The minimum Gasteiger partial charge on any atom is -0.350 e. The lowest BCUT2D eigenvalue weighted by Gasteiger charge is -2.31. The zero-order valence-corrected chi connectivity index (χ0v) is 12.2. The van der Waals surface area contributed by atoms with Crippen LogP contribution in [0, 0.1) is 11.7 Å². The van der Waals surface area contributed by atoms with Crippen LogP contribution in [0.2, 0.25) is 0 Å². The largest absolute Gasteiger partial charge is 0.350 e. The van der Waals surface area contributed by atoms with Gasteiger partial charge in [0.2, 0.25) is 0 Å². The number of amides is 1. The maximum atomic E-state index is 12.8. The minimum absolute atomic E-state index is 0.130. The molecule has 110 valence electrons. The average Bonchev–Trinajstić information content (AvgIpc) is 2.93. The number of hydrogen-bond acceptors (Lipinski definition) is 2. The Morgan fingerprint density at radius 3 is 2.40 bits per heavy atom. The van der Waals surface area contributed by atoms with Gasteiger partial charge in [0.05, 0.1) is 0 Å². The van der Waals surface area contributed by atoms with Gasteiger partial charge < -0.3 is 5.32 Å². The zero-order chi connectivity index (χ0) is 14.5. The van der Waals surface area contributed by atoms with Gasteiger partial charge in [0.1, 0.15) is 5.82 Å². The van der Waals surface area contributed by atoms with Crippen molar-refractivity contribution in [3.8, 4) is 0 Å². The lowest BCUT2D eigenvalue weighted by Crippen LogP contribution is -2.45. The van der Waals surface area contributed by atoms with E-state index in [-0.39, 0.29) is 11.7 Å². The molecule has 1 aromatic rings. The van der Waals surface area contributed by atoms with E-state index in [0.29, 0.717) is 24.1 Å². The zero-order valence-electron chi connectivity index (χ0n) is 12.2. The third kappa shape index (κ3) is 3.79. The third-order valence-corrected chi connectivity index (χ3v) is 3.96. The normalized spacial score (nSPS) is 17.4. The first-order valence-electron chi connectivity index (χ1n) is 7.35. The molecule has 0 saturated carbocycles. The molecule has 2 rings (SSSR count). The summed E-state index contributed by atoms with van der Waals surface area (Å²) in [5.74, 6) is 0.0511. The quantitative estimate of drug-likeness (QED) is 0.898. The van der Waals surface area contributed by atoms with Crippen LogP contribution in [0.15, 0.2) is 24.3 Å². The fraction of sp³-hybridized carbons (Fsp3) is 0.562. The molecule has 1 heterocycles. The lowest BCUT2D eigenvalue weighted by molar-refractivity contribution is 0.0927. The number of carbonyl (C=O) groups is 1. The number of rotatable bonds is 5. The Hall–Kier alpha value is -1.42. The highest BCUT2D eigenvalue weighted by Gasteiger charge is 2.24. The molecule has 0 aliphatic carbocycles. The van der Waals surface area contributed by atoms with Crippen LogP contribution < -0.4 is 5.32 Å². The number of benzene rings is 1. The molecule has 0 aromatic heterocycles. The summed E-state index contributed by atoms with van der Waals surface area (Å²) in [5, 5.41) is 2.97. The van der Waals surface area contributed by atoms with E-state index in [0.717, 1.165) is 13.1 Å². The first-order valence-corrected chi connectivity index (χ1v) is 7.35. The minimum atomic E-state index is -0.321. The van der Waals surface area contributed by atoms with E-state index >= 15 is 0 Å². The molecule has 20 heavy (non-hydrogen) atoms. The average molecular weight is 278 g/mol. The molecule has 1 fully saturated rings. The highest BCUT2D eigenvalue weighted by Crippen LogP contribution is 2.17. The molecule has 3 nitrogen and oxygen atoms in total. The molecule has 1 unspecified atom stereocenters. The monoisotopic (exact) mass is 278 g/mol. The standard InChI is InChI=1S/C16H23FN2O/c1-12(2)15(19-9-3-4-10-19)11-18-16(20)13-5-7-14(17)8-6-13/h5-8,12,15H,3-4,9-11H2,1-2H3,(H,18,20). The van der Waals surface area contributed by atoms with Crippen LogP contribution in [0.1, 0.15) is 37.0 Å². The van der Waals surface area contributed by atoms with Crippen LogP contribution in [0.4, 0.5) is 4.39 Å². The van der Waals surface area contributed by atoms with Crippen molar-refractivity contribution >= 4 is 5.91 Å². The van der Waals surface area contributed by atoms with E-state index in [2.05, 4.69) is 24.1 Å². The van der Waals surface area contributed by atoms with E-state index in [9.17, 15) is 9.18 Å². The molecule has 1 aliphatic rings. The summed E-state index contributed by atoms with van der Waals surface area (Å²) in [6, 6.07) is 6.04. The summed E-state index contributed by atoms with van der Waals surface area (Å²) in [4.78, 5) is 14.5. The Morgan fingerprint density at radius 2 is 1.85 bits per heavy atom. The second-order valence-electron chi connectivity index (χ2n) is 5.77. The van der Waals surface area contributed by atoms with E-state index < -0.39 is 0 Å². The van der Waals surface area contributed by atoms with Crippen LogP contribution in [0.3, 0.4) is 0 Å². The Labute approximate surface area is 120 Å². The summed E-state index contributed by atoms with van der Waals surface area (Å²) in [6.07, 6.45) is 2.49. The highest BCUT2D eigenvalue weighted by atomic mass is 19.1. The van der Waals surface area contributed by atoms with Gasteiger partial charge in [-0.1, -0.05) is 13.8 Å². The molecule has 1 saturated heterocycles. The molecule has 0 spiro atoms. The van der Waals surface area contributed by atoms with Gasteiger partial charge in [0.15, 0.2) is 0 Å². The van der Waals surface area contributed by atoms with E-state index in [1.165, 1.54) is 37.1 Å². The van der Waals surface area contributed by atoms with Gasteiger partial charge >= 0.3 is 0 Å². The number of nitrogens with zero attached hydrogens (tertiary/aromatic N) is 1. The van der Waals surface area contributed by atoms with Crippen molar-refractivity contribution in [1.29, 1.82) is 0 Å². The van der Waals surface area contributed by atoms with Crippen LogP contribution in [0.25, 0.3) is 0 Å². The maximum absolute atomic E-state index is 12.8. The van der Waals surface area contributed by atoms with Gasteiger partial charge in [-0.15, -0.1) is 0 Å². The van der Waals surface area contributed by atoms with E-state index in [1.54, 1.807) is 0 Å². The van der Waals surface area contributed by atoms with Gasteiger partial charge in [0.25, 0.3) is 5.91 Å². The number of carbonyl (C=O) groups excluding carboxylic acids is 1. The second kappa shape index (κ2) is 6.84. The van der Waals surface area contributed by atoms with Crippen molar-refractivity contribution in [1.82, 2.24) is 10.2 Å².